The largest absolute Gasteiger partial charge is 0.402 e. The predicted octanol–water partition coefficient (Wildman–Crippen LogP) is 3.29. The Bertz CT molecular complexity index is 631. The van der Waals surface area contributed by atoms with Crippen LogP contribution >= 0.6 is 11.6 Å². The Hall–Kier alpha value is -1.55. The van der Waals surface area contributed by atoms with Gasteiger partial charge in [-0.3, -0.25) is 0 Å². The number of hydrogen-bond acceptors (Lipinski definition) is 3. The Morgan fingerprint density at radius 1 is 1.47 bits per heavy atom. The van der Waals surface area contributed by atoms with E-state index in [-0.39, 0.29) is 0 Å². The number of nitrogens with zero attached hydrogens (tertiary/aromatic N) is 3. The van der Waals surface area contributed by atoms with Crippen LogP contribution in [0.1, 0.15) is 32.2 Å². The van der Waals surface area contributed by atoms with Gasteiger partial charge in [0.2, 0.25) is 0 Å². The van der Waals surface area contributed by atoms with Crippen LogP contribution in [0, 0.1) is 5.92 Å². The first kappa shape index (κ1) is 12.5. The third kappa shape index (κ3) is 2.10. The summed E-state index contributed by atoms with van der Waals surface area (Å²) in [5, 5.41) is 1.44. The average Bonchev–Trinajstić information content (AvgIpc) is 3.04. The molecule has 2 aromatic heterocycles. The molecule has 0 bridgehead atoms. The summed E-state index contributed by atoms with van der Waals surface area (Å²) in [4.78, 5) is 8.37. The fourth-order valence-electron chi connectivity index (χ4n) is 2.98. The van der Waals surface area contributed by atoms with Crippen LogP contribution < -0.4 is 5.73 Å². The Balaban J connectivity index is 1.92. The highest BCUT2D eigenvalue weighted by Gasteiger charge is 2.28. The van der Waals surface area contributed by atoms with Gasteiger partial charge in [0.25, 0.3) is 0 Å². The molecule has 0 aromatic carbocycles. The van der Waals surface area contributed by atoms with E-state index in [2.05, 4.69) is 20.7 Å². The van der Waals surface area contributed by atoms with Gasteiger partial charge in [-0.15, -0.1) is 0 Å². The minimum absolute atomic E-state index is 0.451. The molecule has 2 N–H and O–H groups in total. The maximum absolute atomic E-state index is 6.09. The van der Waals surface area contributed by atoms with Crippen LogP contribution in [0.2, 0.25) is 5.15 Å². The first-order valence-corrected chi connectivity index (χ1v) is 6.97. The molecule has 0 aliphatic heterocycles. The Labute approximate surface area is 117 Å². The smallest absolute Gasteiger partial charge is 0.145 e. The van der Waals surface area contributed by atoms with Gasteiger partial charge in [0.05, 0.1) is 5.39 Å². The maximum atomic E-state index is 6.09. The van der Waals surface area contributed by atoms with Gasteiger partial charge in [-0.1, -0.05) is 17.7 Å². The Kier molecular flexibility index (Phi) is 3.19. The van der Waals surface area contributed by atoms with Gasteiger partial charge in [0.15, 0.2) is 0 Å². The molecule has 0 radical (unpaired) electrons. The molecule has 1 aliphatic rings. The van der Waals surface area contributed by atoms with Crippen LogP contribution in [0.25, 0.3) is 11.0 Å². The standard InChI is InChI=1S/C14H17ClN4/c1-2-12(16)9-3-4-10(7-9)19-6-5-11-13(15)17-8-18-14(11)19/h2,5-6,8-10H,3-4,7,16H2,1H3/b12-2-. The zero-order valence-electron chi connectivity index (χ0n) is 10.9. The van der Waals surface area contributed by atoms with Crippen molar-refractivity contribution in [3.8, 4) is 0 Å². The molecule has 4 nitrogen and oxygen atoms in total. The first-order valence-electron chi connectivity index (χ1n) is 6.59. The van der Waals surface area contributed by atoms with E-state index in [1.54, 1.807) is 0 Å². The van der Waals surface area contributed by atoms with E-state index in [0.717, 1.165) is 36.0 Å². The summed E-state index contributed by atoms with van der Waals surface area (Å²) in [6, 6.07) is 2.44. The number of nitrogens with two attached hydrogens (primary N) is 1. The molecular formula is C14H17ClN4. The number of aromatic nitrogens is 3. The van der Waals surface area contributed by atoms with E-state index in [9.17, 15) is 0 Å². The van der Waals surface area contributed by atoms with E-state index < -0.39 is 0 Å². The van der Waals surface area contributed by atoms with Crippen LogP contribution in [0.3, 0.4) is 0 Å². The van der Waals surface area contributed by atoms with Crippen molar-refractivity contribution >= 4 is 22.6 Å². The highest BCUT2D eigenvalue weighted by atomic mass is 35.5. The van der Waals surface area contributed by atoms with Gasteiger partial charge in [-0.25, -0.2) is 9.97 Å². The van der Waals surface area contributed by atoms with Crippen molar-refractivity contribution < 1.29 is 0 Å². The second kappa shape index (κ2) is 4.85. The number of hydrogen-bond donors (Lipinski definition) is 1. The number of allylic oxidation sites excluding steroid dienone is 2. The summed E-state index contributed by atoms with van der Waals surface area (Å²) >= 11 is 6.09. The summed E-state index contributed by atoms with van der Waals surface area (Å²) in [5.41, 5.74) is 7.96. The lowest BCUT2D eigenvalue weighted by Gasteiger charge is -2.14. The molecule has 1 saturated carbocycles. The van der Waals surface area contributed by atoms with Crippen molar-refractivity contribution in [1.82, 2.24) is 14.5 Å². The van der Waals surface area contributed by atoms with Gasteiger partial charge < -0.3 is 10.3 Å². The summed E-state index contributed by atoms with van der Waals surface area (Å²) in [6.07, 6.45) is 8.93. The lowest BCUT2D eigenvalue weighted by molar-refractivity contribution is 0.510. The molecule has 1 fully saturated rings. The predicted molar refractivity (Wildman–Crippen MR) is 76.9 cm³/mol. The summed E-state index contributed by atoms with van der Waals surface area (Å²) < 4.78 is 2.21. The van der Waals surface area contributed by atoms with Gasteiger partial charge in [0, 0.05) is 23.9 Å². The minimum atomic E-state index is 0.451. The molecule has 100 valence electrons. The zero-order chi connectivity index (χ0) is 13.4. The minimum Gasteiger partial charge on any atom is -0.402 e. The third-order valence-corrected chi connectivity index (χ3v) is 4.36. The highest BCUT2D eigenvalue weighted by molar-refractivity contribution is 6.33. The van der Waals surface area contributed by atoms with Crippen molar-refractivity contribution in [3.63, 3.8) is 0 Å². The monoisotopic (exact) mass is 276 g/mol. The topological polar surface area (TPSA) is 56.7 Å². The SMILES string of the molecule is C/C=C(\N)C1CCC(n2ccc3c(Cl)ncnc32)C1. The highest BCUT2D eigenvalue weighted by Crippen LogP contribution is 2.39. The second-order valence-corrected chi connectivity index (χ2v) is 5.44. The molecule has 0 spiro atoms. The van der Waals surface area contributed by atoms with Gasteiger partial charge in [0.1, 0.15) is 17.1 Å². The van der Waals surface area contributed by atoms with E-state index in [4.69, 9.17) is 17.3 Å². The normalized spacial score (nSPS) is 24.2. The third-order valence-electron chi connectivity index (χ3n) is 4.06. The van der Waals surface area contributed by atoms with Crippen LogP contribution in [0.15, 0.2) is 30.4 Å². The molecule has 2 atom stereocenters. The second-order valence-electron chi connectivity index (χ2n) is 5.08. The van der Waals surface area contributed by atoms with Crippen molar-refractivity contribution in [1.29, 1.82) is 0 Å². The molecule has 0 amide bonds. The fourth-order valence-corrected chi connectivity index (χ4v) is 3.17. The van der Waals surface area contributed by atoms with Crippen LogP contribution in [0.4, 0.5) is 0 Å². The maximum Gasteiger partial charge on any atom is 0.145 e. The van der Waals surface area contributed by atoms with Crippen LogP contribution in [0.5, 0.6) is 0 Å². The lowest BCUT2D eigenvalue weighted by atomic mass is 10.0. The molecule has 19 heavy (non-hydrogen) atoms. The van der Waals surface area contributed by atoms with E-state index in [0.29, 0.717) is 17.1 Å². The van der Waals surface area contributed by atoms with Crippen LogP contribution in [-0.4, -0.2) is 14.5 Å². The van der Waals surface area contributed by atoms with E-state index in [1.807, 2.05) is 19.1 Å². The summed E-state index contributed by atoms with van der Waals surface area (Å²) in [6.45, 7) is 2.00. The fraction of sp³-hybridized carbons (Fsp3) is 0.429. The summed E-state index contributed by atoms with van der Waals surface area (Å²) in [7, 11) is 0. The lowest BCUT2D eigenvalue weighted by Crippen LogP contribution is -2.10. The van der Waals surface area contributed by atoms with Gasteiger partial charge in [-0.2, -0.15) is 0 Å². The molecule has 3 rings (SSSR count). The summed E-state index contributed by atoms with van der Waals surface area (Å²) in [5.74, 6) is 0.491. The van der Waals surface area contributed by atoms with Crippen molar-refractivity contribution in [3.05, 3.63) is 35.5 Å². The van der Waals surface area contributed by atoms with E-state index in [1.165, 1.54) is 6.33 Å². The molecule has 2 heterocycles. The van der Waals surface area contributed by atoms with Crippen molar-refractivity contribution in [2.75, 3.05) is 0 Å². The molecule has 0 saturated heterocycles. The number of fused-ring (bicyclic) bond motifs is 1. The molecule has 2 aromatic rings. The molecule has 2 unspecified atom stereocenters. The molecular weight excluding hydrogens is 260 g/mol. The Morgan fingerprint density at radius 3 is 3.11 bits per heavy atom. The van der Waals surface area contributed by atoms with Crippen molar-refractivity contribution in [2.45, 2.75) is 32.2 Å². The quantitative estimate of drug-likeness (QED) is 0.857. The van der Waals surface area contributed by atoms with Crippen molar-refractivity contribution in [2.24, 2.45) is 11.7 Å². The Morgan fingerprint density at radius 2 is 2.32 bits per heavy atom. The van der Waals surface area contributed by atoms with Crippen LogP contribution in [-0.2, 0) is 0 Å². The van der Waals surface area contributed by atoms with Gasteiger partial charge in [-0.05, 0) is 32.3 Å². The molecule has 1 aliphatic carbocycles. The number of rotatable bonds is 2. The first-order chi connectivity index (χ1) is 9.20. The average molecular weight is 277 g/mol. The number of halogens is 1. The van der Waals surface area contributed by atoms with Gasteiger partial charge >= 0.3 is 0 Å². The zero-order valence-corrected chi connectivity index (χ0v) is 11.6. The molecule has 5 heteroatoms. The van der Waals surface area contributed by atoms with E-state index >= 15 is 0 Å².